The number of alkyl halides is 2. The van der Waals surface area contributed by atoms with Gasteiger partial charge in [0, 0.05) is 19.5 Å². The number of hydrogen-bond donors (Lipinski definition) is 1. The number of halogens is 2. The molecular formula is C25H26Cl2N2O5. The van der Waals surface area contributed by atoms with Gasteiger partial charge >= 0.3 is 0 Å². The van der Waals surface area contributed by atoms with Gasteiger partial charge in [-0.05, 0) is 49.3 Å². The van der Waals surface area contributed by atoms with E-state index in [1.165, 1.54) is 18.0 Å². The van der Waals surface area contributed by atoms with Gasteiger partial charge in [-0.3, -0.25) is 29.0 Å². The fourth-order valence-corrected chi connectivity index (χ4v) is 7.50. The van der Waals surface area contributed by atoms with Crippen LogP contribution in [0.4, 0.5) is 0 Å². The first-order chi connectivity index (χ1) is 16.0. The predicted molar refractivity (Wildman–Crippen MR) is 125 cm³/mol. The molecule has 180 valence electrons. The van der Waals surface area contributed by atoms with Crippen molar-refractivity contribution < 1.29 is 24.3 Å². The SMILES string of the molecule is CCCN1C(=O)[C@H]2[C@H](CC=C3[C@H]2C[C@@]2(Cl)C(=O)N(C)C(=O)[C@@]2(Cl)[C@H]3c2ccc(O)c(C)c2)C1=O. The van der Waals surface area contributed by atoms with E-state index in [1.807, 2.05) is 13.0 Å². The van der Waals surface area contributed by atoms with E-state index in [-0.39, 0.29) is 24.0 Å². The van der Waals surface area contributed by atoms with E-state index < -0.39 is 45.2 Å². The van der Waals surface area contributed by atoms with Crippen LogP contribution in [0.1, 0.15) is 43.2 Å². The van der Waals surface area contributed by atoms with Crippen molar-refractivity contribution in [2.24, 2.45) is 17.8 Å². The van der Waals surface area contributed by atoms with Gasteiger partial charge in [0.15, 0.2) is 9.75 Å². The fourth-order valence-electron chi connectivity index (χ4n) is 6.49. The number of aryl methyl sites for hydroxylation is 1. The zero-order valence-corrected chi connectivity index (χ0v) is 20.7. The largest absolute Gasteiger partial charge is 0.508 e. The first kappa shape index (κ1) is 23.4. The summed E-state index contributed by atoms with van der Waals surface area (Å²) in [4.78, 5) is 52.0. The predicted octanol–water partition coefficient (Wildman–Crippen LogP) is 3.10. The highest BCUT2D eigenvalue weighted by Crippen LogP contribution is 2.65. The third-order valence-corrected chi connectivity index (χ3v) is 9.52. The van der Waals surface area contributed by atoms with Crippen LogP contribution in [0.15, 0.2) is 29.8 Å². The average molecular weight is 505 g/mol. The number of carbonyl (C=O) groups excluding carboxylic acids is 4. The summed E-state index contributed by atoms with van der Waals surface area (Å²) >= 11 is 14.2. The van der Waals surface area contributed by atoms with E-state index in [9.17, 15) is 24.3 Å². The van der Waals surface area contributed by atoms with Crippen molar-refractivity contribution >= 4 is 46.8 Å². The quantitative estimate of drug-likeness (QED) is 0.387. The number of hydrogen-bond acceptors (Lipinski definition) is 5. The molecular weight excluding hydrogens is 479 g/mol. The Labute approximate surface area is 207 Å². The zero-order valence-electron chi connectivity index (χ0n) is 19.2. The van der Waals surface area contributed by atoms with Crippen molar-refractivity contribution in [3.05, 3.63) is 41.0 Å². The Morgan fingerprint density at radius 1 is 1.09 bits per heavy atom. The van der Waals surface area contributed by atoms with Crippen LogP contribution < -0.4 is 0 Å². The molecule has 4 aliphatic rings. The van der Waals surface area contributed by atoms with Crippen LogP contribution in [-0.4, -0.2) is 61.9 Å². The molecule has 6 atom stereocenters. The van der Waals surface area contributed by atoms with E-state index in [1.54, 1.807) is 19.1 Å². The molecule has 1 aromatic rings. The summed E-state index contributed by atoms with van der Waals surface area (Å²) in [6.45, 7) is 3.98. The number of rotatable bonds is 3. The smallest absolute Gasteiger partial charge is 0.253 e. The average Bonchev–Trinajstić information content (AvgIpc) is 3.11. The number of phenols is 1. The molecule has 2 heterocycles. The Hall–Kier alpha value is -2.38. The molecule has 2 saturated heterocycles. The third-order valence-electron chi connectivity index (χ3n) is 8.11. The molecule has 2 aliphatic heterocycles. The van der Waals surface area contributed by atoms with Crippen molar-refractivity contribution in [1.82, 2.24) is 9.80 Å². The van der Waals surface area contributed by atoms with E-state index in [4.69, 9.17) is 23.2 Å². The molecule has 34 heavy (non-hydrogen) atoms. The summed E-state index contributed by atoms with van der Waals surface area (Å²) in [5, 5.41) is 10.1. The van der Waals surface area contributed by atoms with Crippen molar-refractivity contribution in [2.45, 2.75) is 48.8 Å². The van der Waals surface area contributed by atoms with Crippen LogP contribution in [0.25, 0.3) is 0 Å². The Morgan fingerprint density at radius 2 is 1.79 bits per heavy atom. The normalized spacial score (nSPS) is 37.0. The molecule has 0 spiro atoms. The number of allylic oxidation sites excluding steroid dienone is 2. The van der Waals surface area contributed by atoms with Crippen LogP contribution in [0, 0.1) is 24.7 Å². The molecule has 0 unspecified atom stereocenters. The second-order valence-electron chi connectivity index (χ2n) is 9.87. The first-order valence-electron chi connectivity index (χ1n) is 11.5. The highest BCUT2D eigenvalue weighted by atomic mass is 35.5. The topological polar surface area (TPSA) is 95.0 Å². The van der Waals surface area contributed by atoms with Gasteiger partial charge in [0.05, 0.1) is 11.8 Å². The minimum Gasteiger partial charge on any atom is -0.508 e. The number of amides is 4. The molecule has 1 N–H and O–H groups in total. The Balaban J connectivity index is 1.71. The zero-order chi connectivity index (χ0) is 24.7. The number of carbonyl (C=O) groups is 4. The highest BCUT2D eigenvalue weighted by molar-refractivity contribution is 6.53. The number of likely N-dealkylation sites (tertiary alicyclic amines) is 2. The lowest BCUT2D eigenvalue weighted by atomic mass is 9.56. The number of fused-ring (bicyclic) bond motifs is 4. The van der Waals surface area contributed by atoms with Gasteiger partial charge in [-0.1, -0.05) is 30.7 Å². The molecule has 3 fully saturated rings. The maximum absolute atomic E-state index is 13.5. The van der Waals surface area contributed by atoms with Crippen molar-refractivity contribution in [1.29, 1.82) is 0 Å². The molecule has 5 rings (SSSR count). The van der Waals surface area contributed by atoms with E-state index in [0.717, 1.165) is 10.5 Å². The summed E-state index contributed by atoms with van der Waals surface area (Å²) in [6, 6.07) is 4.93. The Bertz CT molecular complexity index is 1180. The molecule has 0 radical (unpaired) electrons. The second kappa shape index (κ2) is 7.56. The molecule has 0 bridgehead atoms. The molecule has 7 nitrogen and oxygen atoms in total. The molecule has 0 aromatic heterocycles. The molecule has 4 amide bonds. The molecule has 1 saturated carbocycles. The second-order valence-corrected chi connectivity index (χ2v) is 11.1. The number of imide groups is 2. The van der Waals surface area contributed by atoms with Gasteiger partial charge < -0.3 is 5.11 Å². The summed E-state index contributed by atoms with van der Waals surface area (Å²) < 4.78 is 0. The summed E-state index contributed by atoms with van der Waals surface area (Å²) in [6.07, 6.45) is 2.91. The van der Waals surface area contributed by atoms with Crippen LogP contribution in [0.5, 0.6) is 5.75 Å². The van der Waals surface area contributed by atoms with Crippen LogP contribution in [0.2, 0.25) is 0 Å². The standard InChI is InChI=1S/C25H26Cl2N2O5/c1-4-9-29-20(31)15-7-6-14-16(18(15)21(29)32)11-24(26)22(33)28(3)23(34)25(24,27)19(14)13-5-8-17(30)12(2)10-13/h5-6,8,10,15-16,18-19,30H,4,7,9,11H2,1-3H3/t15-,16+,18-,19-,24+,25-/m0/s1. The number of phenolic OH excluding ortho intramolecular Hbond substituents is 1. The van der Waals surface area contributed by atoms with Crippen molar-refractivity contribution in [3.63, 3.8) is 0 Å². The number of aromatic hydroxyl groups is 1. The highest BCUT2D eigenvalue weighted by Gasteiger charge is 2.75. The van der Waals surface area contributed by atoms with Gasteiger partial charge in [-0.2, -0.15) is 0 Å². The maximum Gasteiger partial charge on any atom is 0.253 e. The van der Waals surface area contributed by atoms with Gasteiger partial charge in [-0.15, -0.1) is 23.2 Å². The third kappa shape index (κ3) is 2.71. The lowest BCUT2D eigenvalue weighted by Crippen LogP contribution is -2.60. The van der Waals surface area contributed by atoms with Crippen LogP contribution in [-0.2, 0) is 19.2 Å². The molecule has 9 heteroatoms. The number of nitrogens with zero attached hydrogens (tertiary/aromatic N) is 2. The van der Waals surface area contributed by atoms with Crippen molar-refractivity contribution in [2.75, 3.05) is 13.6 Å². The molecule has 1 aromatic carbocycles. The lowest BCUT2D eigenvalue weighted by Gasteiger charge is -2.50. The first-order valence-corrected chi connectivity index (χ1v) is 12.3. The maximum atomic E-state index is 13.5. The fraction of sp³-hybridized carbons (Fsp3) is 0.520. The summed E-state index contributed by atoms with van der Waals surface area (Å²) in [7, 11) is 1.37. The van der Waals surface area contributed by atoms with Gasteiger partial charge in [0.25, 0.3) is 11.8 Å². The van der Waals surface area contributed by atoms with Crippen LogP contribution >= 0.6 is 23.2 Å². The summed E-state index contributed by atoms with van der Waals surface area (Å²) in [5.41, 5.74) is 1.97. The van der Waals surface area contributed by atoms with E-state index in [0.29, 0.717) is 30.5 Å². The van der Waals surface area contributed by atoms with E-state index in [2.05, 4.69) is 0 Å². The minimum absolute atomic E-state index is 0.00742. The van der Waals surface area contributed by atoms with Crippen molar-refractivity contribution in [3.8, 4) is 5.75 Å². The van der Waals surface area contributed by atoms with Gasteiger partial charge in [0.2, 0.25) is 11.8 Å². The Kier molecular flexibility index (Phi) is 5.19. The summed E-state index contributed by atoms with van der Waals surface area (Å²) in [5.74, 6) is -4.01. The molecule has 2 aliphatic carbocycles. The van der Waals surface area contributed by atoms with Gasteiger partial charge in [0.1, 0.15) is 5.75 Å². The van der Waals surface area contributed by atoms with E-state index >= 15 is 0 Å². The lowest BCUT2D eigenvalue weighted by molar-refractivity contribution is -0.141. The number of benzene rings is 1. The van der Waals surface area contributed by atoms with Crippen LogP contribution in [0.3, 0.4) is 0 Å². The Morgan fingerprint density at radius 3 is 2.44 bits per heavy atom. The minimum atomic E-state index is -1.80. The van der Waals surface area contributed by atoms with Gasteiger partial charge in [-0.25, -0.2) is 0 Å². The monoisotopic (exact) mass is 504 g/mol.